The van der Waals surface area contributed by atoms with Crippen LogP contribution in [0.3, 0.4) is 0 Å². The lowest BCUT2D eigenvalue weighted by Crippen LogP contribution is -2.06. The first-order chi connectivity index (χ1) is 8.50. The second-order valence-corrected chi connectivity index (χ2v) is 4.83. The number of Topliss-reactive ketones (excluding diaryl/α,β-unsaturated/α-hetero) is 1. The molecule has 94 valence electrons. The molecule has 0 aliphatic carbocycles. The van der Waals surface area contributed by atoms with E-state index < -0.39 is 0 Å². The molecule has 0 aliphatic rings. The number of hydrogen-bond donors (Lipinski definition) is 0. The number of ether oxygens (including phenoxy) is 1. The van der Waals surface area contributed by atoms with Crippen LogP contribution in [0.15, 0.2) is 30.3 Å². The van der Waals surface area contributed by atoms with Crippen molar-refractivity contribution in [2.75, 3.05) is 0 Å². The molecule has 0 aromatic heterocycles. The Morgan fingerprint density at radius 2 is 1.89 bits per heavy atom. The Morgan fingerprint density at radius 1 is 1.17 bits per heavy atom. The summed E-state index contributed by atoms with van der Waals surface area (Å²) >= 11 is 0. The Hall–Kier alpha value is -1.83. The van der Waals surface area contributed by atoms with Gasteiger partial charge in [-0.1, -0.05) is 24.3 Å². The third-order valence-corrected chi connectivity index (χ3v) is 2.95. The quantitative estimate of drug-likeness (QED) is 0.756. The molecule has 0 radical (unpaired) electrons. The van der Waals surface area contributed by atoms with Gasteiger partial charge >= 0.3 is 0 Å². The van der Waals surface area contributed by atoms with Crippen LogP contribution in [0, 0.1) is 6.92 Å². The maximum Gasteiger partial charge on any atom is 0.160 e. The van der Waals surface area contributed by atoms with Crippen molar-refractivity contribution >= 4 is 16.6 Å². The first kappa shape index (κ1) is 12.6. The van der Waals surface area contributed by atoms with Gasteiger partial charge < -0.3 is 4.74 Å². The molecule has 0 unspecified atom stereocenters. The smallest absolute Gasteiger partial charge is 0.160 e. The largest absolute Gasteiger partial charge is 0.490 e. The molecule has 2 aromatic rings. The molecule has 2 heteroatoms. The number of ketones is 1. The van der Waals surface area contributed by atoms with Crippen molar-refractivity contribution in [2.24, 2.45) is 0 Å². The Balaban J connectivity index is 2.75. The van der Waals surface area contributed by atoms with E-state index in [1.807, 2.05) is 51.1 Å². The van der Waals surface area contributed by atoms with Crippen LogP contribution in [0.4, 0.5) is 0 Å². The zero-order valence-electron chi connectivity index (χ0n) is 11.3. The molecular formula is C16H18O2. The van der Waals surface area contributed by atoms with Gasteiger partial charge in [0.25, 0.3) is 0 Å². The van der Waals surface area contributed by atoms with Crippen molar-refractivity contribution in [3.63, 3.8) is 0 Å². The van der Waals surface area contributed by atoms with Gasteiger partial charge in [0.1, 0.15) is 5.75 Å². The van der Waals surface area contributed by atoms with Crippen molar-refractivity contribution in [2.45, 2.75) is 33.8 Å². The molecule has 2 nitrogen and oxygen atoms in total. The van der Waals surface area contributed by atoms with Crippen molar-refractivity contribution in [1.82, 2.24) is 0 Å². The molecule has 2 aromatic carbocycles. The first-order valence-electron chi connectivity index (χ1n) is 6.20. The average Bonchev–Trinajstić information content (AvgIpc) is 2.31. The Morgan fingerprint density at radius 3 is 2.50 bits per heavy atom. The van der Waals surface area contributed by atoms with E-state index >= 15 is 0 Å². The van der Waals surface area contributed by atoms with E-state index in [0.717, 1.165) is 27.6 Å². The fraction of sp³-hybridized carbons (Fsp3) is 0.312. The first-order valence-corrected chi connectivity index (χ1v) is 6.20. The van der Waals surface area contributed by atoms with E-state index in [2.05, 4.69) is 0 Å². The second kappa shape index (κ2) is 4.81. The van der Waals surface area contributed by atoms with Crippen molar-refractivity contribution in [3.8, 4) is 5.75 Å². The van der Waals surface area contributed by atoms with Crippen molar-refractivity contribution in [1.29, 1.82) is 0 Å². The second-order valence-electron chi connectivity index (χ2n) is 4.83. The van der Waals surface area contributed by atoms with E-state index in [1.165, 1.54) is 0 Å². The highest BCUT2D eigenvalue weighted by Crippen LogP contribution is 2.31. The van der Waals surface area contributed by atoms with Crippen LogP contribution in [0.5, 0.6) is 5.75 Å². The molecule has 0 saturated heterocycles. The lowest BCUT2D eigenvalue weighted by Gasteiger charge is -2.15. The molecular weight excluding hydrogens is 224 g/mol. The monoisotopic (exact) mass is 242 g/mol. The zero-order chi connectivity index (χ0) is 13.3. The molecule has 0 saturated carbocycles. The molecule has 0 atom stereocenters. The molecule has 0 spiro atoms. The van der Waals surface area contributed by atoms with Crippen LogP contribution >= 0.6 is 0 Å². The summed E-state index contributed by atoms with van der Waals surface area (Å²) in [6.07, 6.45) is 0.122. The van der Waals surface area contributed by atoms with Gasteiger partial charge in [0, 0.05) is 10.9 Å². The minimum Gasteiger partial charge on any atom is -0.490 e. The highest BCUT2D eigenvalue weighted by Gasteiger charge is 2.12. The number of aryl methyl sites for hydroxylation is 1. The summed E-state index contributed by atoms with van der Waals surface area (Å²) in [6, 6.07) is 9.77. The predicted molar refractivity (Wildman–Crippen MR) is 74.5 cm³/mol. The van der Waals surface area contributed by atoms with Crippen LogP contribution in [-0.2, 0) is 0 Å². The Kier molecular flexibility index (Phi) is 3.37. The van der Waals surface area contributed by atoms with Gasteiger partial charge in [0.2, 0.25) is 0 Å². The Bertz CT molecular complexity index is 597. The van der Waals surface area contributed by atoms with Crippen LogP contribution < -0.4 is 4.74 Å². The predicted octanol–water partition coefficient (Wildman–Crippen LogP) is 4.14. The van der Waals surface area contributed by atoms with E-state index in [0.29, 0.717) is 0 Å². The minimum atomic E-state index is 0.0883. The number of carbonyl (C=O) groups is 1. The van der Waals surface area contributed by atoms with Gasteiger partial charge in [-0.3, -0.25) is 4.79 Å². The fourth-order valence-corrected chi connectivity index (χ4v) is 2.21. The molecule has 0 aliphatic heterocycles. The molecule has 0 N–H and O–H groups in total. The minimum absolute atomic E-state index is 0.0883. The van der Waals surface area contributed by atoms with Crippen LogP contribution in [0.2, 0.25) is 0 Å². The lowest BCUT2D eigenvalue weighted by atomic mass is 9.97. The van der Waals surface area contributed by atoms with E-state index in [-0.39, 0.29) is 11.9 Å². The molecule has 2 rings (SSSR count). The number of benzene rings is 2. The number of rotatable bonds is 3. The van der Waals surface area contributed by atoms with Crippen LogP contribution in [0.25, 0.3) is 10.8 Å². The van der Waals surface area contributed by atoms with Crippen LogP contribution in [-0.4, -0.2) is 11.9 Å². The van der Waals surface area contributed by atoms with Gasteiger partial charge in [-0.2, -0.15) is 0 Å². The maximum atomic E-state index is 11.7. The third kappa shape index (κ3) is 2.23. The summed E-state index contributed by atoms with van der Waals surface area (Å²) in [5, 5.41) is 2.01. The maximum absolute atomic E-state index is 11.7. The Labute approximate surface area is 108 Å². The standard InChI is InChI=1S/C16H18O2/c1-10(2)18-15-9-8-11(3)16-13(12(4)17)6-5-7-14(15)16/h5-10H,1-4H3. The third-order valence-electron chi connectivity index (χ3n) is 2.95. The zero-order valence-corrected chi connectivity index (χ0v) is 11.3. The summed E-state index contributed by atoms with van der Waals surface area (Å²) in [5.74, 6) is 0.930. The van der Waals surface area contributed by atoms with Crippen molar-refractivity contribution < 1.29 is 9.53 Å². The summed E-state index contributed by atoms with van der Waals surface area (Å²) in [5.41, 5.74) is 1.87. The van der Waals surface area contributed by atoms with Gasteiger partial charge in [0.15, 0.2) is 5.78 Å². The molecule has 18 heavy (non-hydrogen) atoms. The summed E-state index contributed by atoms with van der Waals surface area (Å²) < 4.78 is 5.81. The van der Waals surface area contributed by atoms with Crippen LogP contribution in [0.1, 0.15) is 36.7 Å². The molecule has 0 heterocycles. The highest BCUT2D eigenvalue weighted by atomic mass is 16.5. The van der Waals surface area contributed by atoms with Gasteiger partial charge in [-0.05, 0) is 44.7 Å². The van der Waals surface area contributed by atoms with Gasteiger partial charge in [-0.15, -0.1) is 0 Å². The molecule has 0 fully saturated rings. The average molecular weight is 242 g/mol. The SMILES string of the molecule is CC(=O)c1cccc2c(OC(C)C)ccc(C)c12. The van der Waals surface area contributed by atoms with Crippen molar-refractivity contribution in [3.05, 3.63) is 41.5 Å². The van der Waals surface area contributed by atoms with Gasteiger partial charge in [0.05, 0.1) is 6.10 Å². The fourth-order valence-electron chi connectivity index (χ4n) is 2.21. The molecule has 0 amide bonds. The number of carbonyl (C=O) groups excluding carboxylic acids is 1. The topological polar surface area (TPSA) is 26.3 Å². The summed E-state index contributed by atoms with van der Waals surface area (Å²) in [7, 11) is 0. The van der Waals surface area contributed by atoms with E-state index in [9.17, 15) is 4.79 Å². The summed E-state index contributed by atoms with van der Waals surface area (Å²) in [6.45, 7) is 7.62. The van der Waals surface area contributed by atoms with E-state index in [1.54, 1.807) is 6.92 Å². The number of fused-ring (bicyclic) bond motifs is 1. The highest BCUT2D eigenvalue weighted by molar-refractivity contribution is 6.09. The normalized spacial score (nSPS) is 10.9. The number of hydrogen-bond acceptors (Lipinski definition) is 2. The van der Waals surface area contributed by atoms with Gasteiger partial charge in [-0.25, -0.2) is 0 Å². The van der Waals surface area contributed by atoms with E-state index in [4.69, 9.17) is 4.74 Å². The molecule has 0 bridgehead atoms. The lowest BCUT2D eigenvalue weighted by molar-refractivity contribution is 0.101. The summed E-state index contributed by atoms with van der Waals surface area (Å²) in [4.78, 5) is 11.7.